The van der Waals surface area contributed by atoms with Gasteiger partial charge in [-0.2, -0.15) is 13.2 Å². The number of ether oxygens (including phenoxy) is 1. The Hall–Kier alpha value is -3.35. The number of aromatic amines is 1. The molecular weight excluding hydrogens is 629 g/mol. The van der Waals surface area contributed by atoms with Crippen LogP contribution in [-0.2, 0) is 22.4 Å². The number of fused-ring (bicyclic) bond motifs is 2. The van der Waals surface area contributed by atoms with Gasteiger partial charge in [-0.3, -0.25) is 14.4 Å². The van der Waals surface area contributed by atoms with Crippen LogP contribution >= 0.6 is 39.0 Å². The maximum Gasteiger partial charge on any atom is 0.418 e. The van der Waals surface area contributed by atoms with Gasteiger partial charge in [-0.05, 0) is 35.9 Å². The molecule has 1 aromatic heterocycles. The molecule has 0 saturated carbocycles. The van der Waals surface area contributed by atoms with Crippen LogP contribution in [0.2, 0.25) is 0 Å². The zero-order valence-electron chi connectivity index (χ0n) is 20.3. The second-order valence-corrected chi connectivity index (χ2v) is 12.3. The van der Waals surface area contributed by atoms with Crippen molar-refractivity contribution in [3.8, 4) is 5.75 Å². The number of halogens is 4. The number of thioether (sulfide) groups is 1. The number of anilines is 1. The molecule has 6 rings (SSSR count). The van der Waals surface area contributed by atoms with Crippen LogP contribution in [0.5, 0.6) is 5.75 Å². The molecular formula is C28H18BrF3N2O4S2. The van der Waals surface area contributed by atoms with E-state index in [1.165, 1.54) is 12.1 Å². The van der Waals surface area contributed by atoms with Gasteiger partial charge in [0.2, 0.25) is 11.8 Å². The van der Waals surface area contributed by atoms with Gasteiger partial charge in [-0.25, -0.2) is 4.90 Å². The summed E-state index contributed by atoms with van der Waals surface area (Å²) in [6.07, 6.45) is -4.77. The first-order chi connectivity index (χ1) is 19.1. The van der Waals surface area contributed by atoms with E-state index < -0.39 is 46.3 Å². The van der Waals surface area contributed by atoms with Crippen LogP contribution in [0.25, 0.3) is 0 Å². The predicted octanol–water partition coefficient (Wildman–Crippen LogP) is 6.59. The summed E-state index contributed by atoms with van der Waals surface area (Å²) in [4.78, 5) is 43.7. The molecule has 3 heterocycles. The number of nitrogens with zero attached hydrogens (tertiary/aromatic N) is 1. The standard InChI is InChI=1S/C28H18BrF3N2O4S2/c29-15-10-11-19(38-13-14-6-2-1-3-7-14)16(12-15)20-21-23(39-24-22(20)40-27(37)33-24)26(36)34(25(21)35)18-9-5-4-8-17(18)28(30,31)32/h1-12,20-21,23H,13H2,(H,33,37)/t20-,21?,23?/m1/s1. The van der Waals surface area contributed by atoms with Gasteiger partial charge in [0, 0.05) is 20.8 Å². The van der Waals surface area contributed by atoms with E-state index >= 15 is 0 Å². The fourth-order valence-corrected chi connectivity index (χ4v) is 8.01. The fourth-order valence-electron chi connectivity index (χ4n) is 5.13. The maximum atomic E-state index is 14.0. The van der Waals surface area contributed by atoms with E-state index in [4.69, 9.17) is 4.74 Å². The monoisotopic (exact) mass is 646 g/mol. The summed E-state index contributed by atoms with van der Waals surface area (Å²) in [5.74, 6) is -2.96. The second-order valence-electron chi connectivity index (χ2n) is 9.23. The van der Waals surface area contributed by atoms with Crippen molar-refractivity contribution in [2.45, 2.75) is 29.0 Å². The number of hydrogen-bond donors (Lipinski definition) is 1. The molecule has 2 aliphatic heterocycles. The molecule has 0 radical (unpaired) electrons. The Morgan fingerprint density at radius 3 is 2.42 bits per heavy atom. The first kappa shape index (κ1) is 26.9. The minimum atomic E-state index is -4.77. The molecule has 1 N–H and O–H groups in total. The number of para-hydroxylation sites is 1. The summed E-state index contributed by atoms with van der Waals surface area (Å²) in [7, 11) is 0. The number of hydrogen-bond acceptors (Lipinski definition) is 6. The Labute approximate surface area is 242 Å². The van der Waals surface area contributed by atoms with E-state index in [0.29, 0.717) is 30.6 Å². The molecule has 0 aliphatic carbocycles. The lowest BCUT2D eigenvalue weighted by Gasteiger charge is -2.31. The minimum Gasteiger partial charge on any atom is -0.489 e. The molecule has 4 aromatic rings. The molecule has 204 valence electrons. The van der Waals surface area contributed by atoms with Gasteiger partial charge in [0.15, 0.2) is 0 Å². The summed E-state index contributed by atoms with van der Waals surface area (Å²) >= 11 is 5.38. The third-order valence-electron chi connectivity index (χ3n) is 6.82. The Morgan fingerprint density at radius 1 is 0.950 bits per heavy atom. The highest BCUT2D eigenvalue weighted by atomic mass is 79.9. The van der Waals surface area contributed by atoms with Crippen LogP contribution in [0.3, 0.4) is 0 Å². The maximum absolute atomic E-state index is 14.0. The van der Waals surface area contributed by atoms with Crippen molar-refractivity contribution in [3.05, 3.63) is 109 Å². The van der Waals surface area contributed by atoms with Gasteiger partial charge in [0.05, 0.1) is 22.2 Å². The Morgan fingerprint density at radius 2 is 1.68 bits per heavy atom. The van der Waals surface area contributed by atoms with Crippen LogP contribution in [0, 0.1) is 5.92 Å². The summed E-state index contributed by atoms with van der Waals surface area (Å²) < 4.78 is 48.5. The molecule has 6 nitrogen and oxygen atoms in total. The zero-order chi connectivity index (χ0) is 28.2. The molecule has 3 aromatic carbocycles. The molecule has 1 saturated heterocycles. The first-order valence-electron chi connectivity index (χ1n) is 12.0. The molecule has 2 aliphatic rings. The highest BCUT2D eigenvalue weighted by Crippen LogP contribution is 2.55. The summed E-state index contributed by atoms with van der Waals surface area (Å²) in [6.45, 7) is 0.221. The van der Waals surface area contributed by atoms with E-state index in [-0.39, 0.29) is 11.5 Å². The van der Waals surface area contributed by atoms with Gasteiger partial charge in [0.25, 0.3) is 0 Å². The average molecular weight is 647 g/mol. The van der Waals surface area contributed by atoms with Crippen molar-refractivity contribution in [3.63, 3.8) is 0 Å². The smallest absolute Gasteiger partial charge is 0.418 e. The summed E-state index contributed by atoms with van der Waals surface area (Å²) in [5.41, 5.74) is -0.133. The number of thiazole rings is 1. The Kier molecular flexibility index (Phi) is 6.87. The van der Waals surface area contributed by atoms with E-state index in [1.54, 1.807) is 18.2 Å². The molecule has 12 heteroatoms. The topological polar surface area (TPSA) is 79.5 Å². The first-order valence-corrected chi connectivity index (χ1v) is 14.5. The average Bonchev–Trinajstić information content (AvgIpc) is 3.42. The number of H-pyrrole nitrogens is 1. The Bertz CT molecular complexity index is 1690. The SMILES string of the molecule is O=C1C2Sc3[nH]c(=O)sc3[C@H](c3cc(Br)ccc3OCc3ccccc3)C2C(=O)N1c1ccccc1C(F)(F)F. The molecule has 1 fully saturated rings. The van der Waals surface area contributed by atoms with E-state index in [0.717, 1.165) is 40.8 Å². The number of amides is 2. The third kappa shape index (κ3) is 4.67. The van der Waals surface area contributed by atoms with Crippen molar-refractivity contribution < 1.29 is 27.5 Å². The highest BCUT2D eigenvalue weighted by molar-refractivity contribution is 9.10. The van der Waals surface area contributed by atoms with Crippen LogP contribution in [0.4, 0.5) is 18.9 Å². The normalized spacial score (nSPS) is 20.4. The second kappa shape index (κ2) is 10.2. The van der Waals surface area contributed by atoms with Gasteiger partial charge in [-0.1, -0.05) is 81.5 Å². The van der Waals surface area contributed by atoms with Crippen molar-refractivity contribution in [1.29, 1.82) is 0 Å². The fraction of sp³-hybridized carbons (Fsp3) is 0.179. The quantitative estimate of drug-likeness (QED) is 0.248. The lowest BCUT2D eigenvalue weighted by Crippen LogP contribution is -2.33. The summed E-state index contributed by atoms with van der Waals surface area (Å²) in [6, 6.07) is 19.2. The van der Waals surface area contributed by atoms with Crippen molar-refractivity contribution in [2.24, 2.45) is 5.92 Å². The zero-order valence-corrected chi connectivity index (χ0v) is 23.5. The Balaban J connectivity index is 1.47. The van der Waals surface area contributed by atoms with Gasteiger partial charge in [-0.15, -0.1) is 0 Å². The predicted molar refractivity (Wildman–Crippen MR) is 149 cm³/mol. The minimum absolute atomic E-state index is 0.221. The van der Waals surface area contributed by atoms with Gasteiger partial charge < -0.3 is 9.72 Å². The van der Waals surface area contributed by atoms with Crippen molar-refractivity contribution in [1.82, 2.24) is 4.98 Å². The highest BCUT2D eigenvalue weighted by Gasteiger charge is 2.57. The number of nitrogens with one attached hydrogen (secondary N) is 1. The number of carbonyl (C=O) groups is 2. The number of carbonyl (C=O) groups excluding carboxylic acids is 2. The summed E-state index contributed by atoms with van der Waals surface area (Å²) in [5, 5.41) is -0.625. The molecule has 3 atom stereocenters. The van der Waals surface area contributed by atoms with Gasteiger partial charge in [0.1, 0.15) is 17.6 Å². The number of benzene rings is 3. The number of alkyl halides is 3. The number of rotatable bonds is 5. The lowest BCUT2D eigenvalue weighted by molar-refractivity contribution is -0.137. The molecule has 40 heavy (non-hydrogen) atoms. The van der Waals surface area contributed by atoms with Crippen molar-refractivity contribution in [2.75, 3.05) is 4.90 Å². The lowest BCUT2D eigenvalue weighted by atomic mass is 9.82. The van der Waals surface area contributed by atoms with Crippen LogP contribution in [0.1, 0.15) is 27.5 Å². The van der Waals surface area contributed by atoms with E-state index in [9.17, 15) is 27.6 Å². The molecule has 0 spiro atoms. The van der Waals surface area contributed by atoms with E-state index in [1.807, 2.05) is 30.3 Å². The third-order valence-corrected chi connectivity index (χ3v) is 9.71. The largest absolute Gasteiger partial charge is 0.489 e. The van der Waals surface area contributed by atoms with Gasteiger partial charge >= 0.3 is 11.0 Å². The van der Waals surface area contributed by atoms with Crippen LogP contribution in [0.15, 0.2) is 87.1 Å². The van der Waals surface area contributed by atoms with Crippen LogP contribution < -0.4 is 14.5 Å². The molecule has 2 amide bonds. The van der Waals surface area contributed by atoms with Crippen LogP contribution in [-0.4, -0.2) is 22.0 Å². The van der Waals surface area contributed by atoms with Crippen molar-refractivity contribution >= 4 is 56.5 Å². The number of imide groups is 1. The van der Waals surface area contributed by atoms with E-state index in [2.05, 4.69) is 20.9 Å². The number of aromatic nitrogens is 1. The molecule has 0 bridgehead atoms. The molecule has 2 unspecified atom stereocenters.